The summed E-state index contributed by atoms with van der Waals surface area (Å²) in [6.45, 7) is 0. The van der Waals surface area contributed by atoms with Gasteiger partial charge in [-0.3, -0.25) is 9.20 Å². The molecule has 1 N–H and O–H groups in total. The van der Waals surface area contributed by atoms with Crippen LogP contribution in [0.4, 0.5) is 10.1 Å². The minimum absolute atomic E-state index is 0.0794. The normalized spacial score (nSPS) is 11.2. The molecule has 0 aliphatic heterocycles. The molecule has 0 saturated heterocycles. The van der Waals surface area contributed by atoms with Crippen molar-refractivity contribution in [1.82, 2.24) is 24.2 Å². The second-order valence-electron chi connectivity index (χ2n) is 7.02. The number of carbonyl (C=O) groups excluding carboxylic acids is 1. The minimum Gasteiger partial charge on any atom is -0.497 e. The lowest BCUT2D eigenvalue weighted by atomic mass is 10.1. The van der Waals surface area contributed by atoms with Crippen LogP contribution in [0.15, 0.2) is 66.1 Å². The molecule has 2 aromatic carbocycles. The molecule has 0 saturated carbocycles. The Morgan fingerprint density at radius 2 is 1.97 bits per heavy atom. The van der Waals surface area contributed by atoms with Crippen molar-refractivity contribution in [2.45, 2.75) is 5.16 Å². The van der Waals surface area contributed by atoms with E-state index in [4.69, 9.17) is 16.3 Å². The van der Waals surface area contributed by atoms with E-state index in [1.165, 1.54) is 23.9 Å². The molecule has 3 heterocycles. The molecule has 0 aliphatic carbocycles. The largest absolute Gasteiger partial charge is 0.497 e. The lowest BCUT2D eigenvalue weighted by molar-refractivity contribution is -0.113. The van der Waals surface area contributed by atoms with Crippen LogP contribution in [-0.4, -0.2) is 43.0 Å². The number of hydrogen-bond acceptors (Lipinski definition) is 6. The first-order chi connectivity index (χ1) is 16.0. The van der Waals surface area contributed by atoms with Crippen LogP contribution < -0.4 is 10.1 Å². The zero-order chi connectivity index (χ0) is 22.9. The molecule has 0 radical (unpaired) electrons. The van der Waals surface area contributed by atoms with Gasteiger partial charge in [-0.25, -0.2) is 8.91 Å². The number of anilines is 1. The third kappa shape index (κ3) is 4.22. The fourth-order valence-electron chi connectivity index (χ4n) is 3.30. The van der Waals surface area contributed by atoms with Gasteiger partial charge in [-0.1, -0.05) is 23.4 Å². The summed E-state index contributed by atoms with van der Waals surface area (Å²) in [4.78, 5) is 12.3. The third-order valence-corrected chi connectivity index (χ3v) is 6.17. The molecular weight excluding hydrogens is 467 g/mol. The number of amides is 1. The smallest absolute Gasteiger partial charge is 0.234 e. The van der Waals surface area contributed by atoms with Crippen molar-refractivity contribution in [1.29, 1.82) is 0 Å². The van der Waals surface area contributed by atoms with Crippen molar-refractivity contribution in [3.05, 3.63) is 71.8 Å². The Kier molecular flexibility index (Phi) is 5.61. The number of hydrogen-bond donors (Lipinski definition) is 1. The first kappa shape index (κ1) is 21.2. The maximum absolute atomic E-state index is 13.2. The molecule has 33 heavy (non-hydrogen) atoms. The van der Waals surface area contributed by atoms with E-state index in [-0.39, 0.29) is 16.7 Å². The van der Waals surface area contributed by atoms with E-state index < -0.39 is 5.82 Å². The lowest BCUT2D eigenvalue weighted by Crippen LogP contribution is -2.14. The highest BCUT2D eigenvalue weighted by Crippen LogP contribution is 2.26. The summed E-state index contributed by atoms with van der Waals surface area (Å²) in [5.74, 6) is 0.0895. The number of methoxy groups -OCH3 is 1. The Balaban J connectivity index is 1.35. The van der Waals surface area contributed by atoms with Crippen LogP contribution >= 0.6 is 23.4 Å². The Morgan fingerprint density at radius 3 is 2.73 bits per heavy atom. The summed E-state index contributed by atoms with van der Waals surface area (Å²) < 4.78 is 21.9. The number of nitrogens with one attached hydrogen (secondary N) is 1. The van der Waals surface area contributed by atoms with Crippen LogP contribution in [0.3, 0.4) is 0 Å². The average Bonchev–Trinajstić information content (AvgIpc) is 3.43. The average molecular weight is 483 g/mol. The van der Waals surface area contributed by atoms with Gasteiger partial charge < -0.3 is 10.1 Å². The van der Waals surface area contributed by atoms with Gasteiger partial charge in [-0.15, -0.1) is 10.2 Å². The van der Waals surface area contributed by atoms with Crippen LogP contribution in [0.25, 0.3) is 22.4 Å². The molecule has 0 bridgehead atoms. The molecule has 166 valence electrons. The van der Waals surface area contributed by atoms with Crippen molar-refractivity contribution >= 4 is 46.1 Å². The summed E-state index contributed by atoms with van der Waals surface area (Å²) in [5.41, 5.74) is 3.49. The molecule has 11 heteroatoms. The summed E-state index contributed by atoms with van der Waals surface area (Å²) in [6.07, 6.45) is 3.60. The summed E-state index contributed by atoms with van der Waals surface area (Å²) in [6, 6.07) is 13.4. The zero-order valence-corrected chi connectivity index (χ0v) is 18.8. The van der Waals surface area contributed by atoms with Gasteiger partial charge in [-0.2, -0.15) is 5.10 Å². The number of nitrogens with zero attached hydrogens (tertiary/aromatic N) is 5. The number of halogens is 2. The van der Waals surface area contributed by atoms with Gasteiger partial charge in [0, 0.05) is 18.0 Å². The highest BCUT2D eigenvalue weighted by molar-refractivity contribution is 7.99. The summed E-state index contributed by atoms with van der Waals surface area (Å²) >= 11 is 7.19. The van der Waals surface area contributed by atoms with Gasteiger partial charge in [-0.05, 0) is 48.5 Å². The van der Waals surface area contributed by atoms with E-state index in [1.807, 2.05) is 30.3 Å². The van der Waals surface area contributed by atoms with Crippen LogP contribution in [-0.2, 0) is 4.79 Å². The van der Waals surface area contributed by atoms with Gasteiger partial charge >= 0.3 is 0 Å². The Bertz CT molecular complexity index is 1480. The van der Waals surface area contributed by atoms with E-state index >= 15 is 0 Å². The van der Waals surface area contributed by atoms with E-state index in [0.717, 1.165) is 28.6 Å². The number of aromatic nitrogens is 5. The SMILES string of the molecule is COc1ccc(-c2cc3c4nnc(SCC(=O)Nc5ccc(F)cc5Cl)n4ccn3n2)cc1. The van der Waals surface area contributed by atoms with Crippen LogP contribution in [0.2, 0.25) is 5.02 Å². The molecule has 0 spiro atoms. The highest BCUT2D eigenvalue weighted by Gasteiger charge is 2.15. The Hall–Kier alpha value is -3.63. The molecule has 1 amide bonds. The number of rotatable bonds is 6. The van der Waals surface area contributed by atoms with Gasteiger partial charge in [0.25, 0.3) is 0 Å². The molecule has 3 aromatic heterocycles. The zero-order valence-electron chi connectivity index (χ0n) is 17.2. The van der Waals surface area contributed by atoms with Gasteiger partial charge in [0.05, 0.1) is 29.3 Å². The van der Waals surface area contributed by atoms with Crippen molar-refractivity contribution in [2.75, 3.05) is 18.2 Å². The second kappa shape index (κ2) is 8.72. The van der Waals surface area contributed by atoms with E-state index in [2.05, 4.69) is 20.6 Å². The maximum Gasteiger partial charge on any atom is 0.234 e. The van der Waals surface area contributed by atoms with Gasteiger partial charge in [0.1, 0.15) is 17.1 Å². The van der Waals surface area contributed by atoms with Gasteiger partial charge in [0.15, 0.2) is 10.8 Å². The fourth-order valence-corrected chi connectivity index (χ4v) is 4.23. The molecule has 5 rings (SSSR count). The molecule has 0 unspecified atom stereocenters. The van der Waals surface area contributed by atoms with E-state index in [1.54, 1.807) is 28.4 Å². The Morgan fingerprint density at radius 1 is 1.15 bits per heavy atom. The predicted molar refractivity (Wildman–Crippen MR) is 124 cm³/mol. The first-order valence-corrected chi connectivity index (χ1v) is 11.1. The van der Waals surface area contributed by atoms with Crippen molar-refractivity contribution in [2.24, 2.45) is 0 Å². The maximum atomic E-state index is 13.2. The first-order valence-electron chi connectivity index (χ1n) is 9.77. The summed E-state index contributed by atoms with van der Waals surface area (Å²) in [5, 5.41) is 16.5. The summed E-state index contributed by atoms with van der Waals surface area (Å²) in [7, 11) is 1.62. The van der Waals surface area contributed by atoms with Crippen LogP contribution in [0.5, 0.6) is 5.75 Å². The molecule has 5 aromatic rings. The molecule has 0 fully saturated rings. The molecule has 8 nitrogen and oxygen atoms in total. The fraction of sp³-hybridized carbons (Fsp3) is 0.0909. The number of thioether (sulfide) groups is 1. The third-order valence-electron chi connectivity index (χ3n) is 4.91. The van der Waals surface area contributed by atoms with Crippen LogP contribution in [0, 0.1) is 5.82 Å². The van der Waals surface area contributed by atoms with Crippen molar-refractivity contribution in [3.63, 3.8) is 0 Å². The number of fused-ring (bicyclic) bond motifs is 3. The number of ether oxygens (including phenoxy) is 1. The minimum atomic E-state index is -0.469. The van der Waals surface area contributed by atoms with Crippen molar-refractivity contribution < 1.29 is 13.9 Å². The second-order valence-corrected chi connectivity index (χ2v) is 8.37. The number of carbonyl (C=O) groups is 1. The lowest BCUT2D eigenvalue weighted by Gasteiger charge is -2.06. The van der Waals surface area contributed by atoms with Crippen LogP contribution in [0.1, 0.15) is 0 Å². The highest BCUT2D eigenvalue weighted by atomic mass is 35.5. The topological polar surface area (TPSA) is 85.8 Å². The number of benzene rings is 2. The monoisotopic (exact) mass is 482 g/mol. The predicted octanol–water partition coefficient (Wildman–Crippen LogP) is 4.58. The molecule has 0 aliphatic rings. The quantitative estimate of drug-likeness (QED) is 0.357. The molecular formula is C22H16ClFN6O2S. The molecule has 0 atom stereocenters. The van der Waals surface area contributed by atoms with Crippen molar-refractivity contribution in [3.8, 4) is 17.0 Å². The van der Waals surface area contributed by atoms with E-state index in [0.29, 0.717) is 16.5 Å². The Labute approximate surface area is 196 Å². The van der Waals surface area contributed by atoms with Gasteiger partial charge in [0.2, 0.25) is 5.91 Å². The van der Waals surface area contributed by atoms with E-state index in [9.17, 15) is 9.18 Å². The standard InChI is InChI=1S/C22H16ClFN6O2S/c1-32-15-5-2-13(3-6-15)18-11-19-21-26-27-22(29(21)8-9-30(19)28-18)33-12-20(31)25-17-7-4-14(24)10-16(17)23/h2-11H,12H2,1H3,(H,25,31).